The van der Waals surface area contributed by atoms with E-state index < -0.39 is 20.6 Å². The highest BCUT2D eigenvalue weighted by Crippen LogP contribution is 2.30. The van der Waals surface area contributed by atoms with Crippen molar-refractivity contribution < 1.29 is 17.6 Å². The summed E-state index contributed by atoms with van der Waals surface area (Å²) in [6.45, 7) is 6.09. The van der Waals surface area contributed by atoms with Crippen molar-refractivity contribution in [2.45, 2.75) is 32.7 Å². The molecule has 5 heteroatoms. The zero-order chi connectivity index (χ0) is 9.28. The molecule has 0 N–H and O–H groups in total. The Bertz CT molecular complexity index is 127. The van der Waals surface area contributed by atoms with Gasteiger partial charge in [-0.25, -0.2) is 0 Å². The van der Waals surface area contributed by atoms with E-state index in [0.717, 1.165) is 6.92 Å². The van der Waals surface area contributed by atoms with Gasteiger partial charge in [0, 0.05) is 0 Å². The molecule has 0 fully saturated rings. The fraction of sp³-hybridized carbons (Fsp3) is 0.833. The molecule has 0 aliphatic carbocycles. The lowest BCUT2D eigenvalue weighted by Gasteiger charge is -2.23. The van der Waals surface area contributed by atoms with E-state index in [1.165, 1.54) is 0 Å². The third-order valence-corrected chi connectivity index (χ3v) is 1.78. The standard InChI is InChI=1S/C6H12F3OSi/c1-5(6(7,8)9)10-11(2,3)4/h1-4H3. The van der Waals surface area contributed by atoms with E-state index in [1.54, 1.807) is 19.6 Å². The first-order valence-corrected chi connectivity index (χ1v) is 6.63. The first kappa shape index (κ1) is 11.0. The van der Waals surface area contributed by atoms with E-state index in [9.17, 15) is 13.2 Å². The minimum absolute atomic E-state index is 0.836. The highest BCUT2D eigenvalue weighted by molar-refractivity contribution is 6.69. The van der Waals surface area contributed by atoms with Crippen LogP contribution in [0, 0.1) is 6.10 Å². The van der Waals surface area contributed by atoms with E-state index in [2.05, 4.69) is 0 Å². The molecule has 0 unspecified atom stereocenters. The monoisotopic (exact) mass is 185 g/mol. The molecule has 0 aliphatic rings. The van der Waals surface area contributed by atoms with Crippen LogP contribution in [0.5, 0.6) is 0 Å². The minimum atomic E-state index is -4.31. The van der Waals surface area contributed by atoms with Crippen molar-refractivity contribution in [1.82, 2.24) is 0 Å². The van der Waals surface area contributed by atoms with Crippen molar-refractivity contribution in [3.05, 3.63) is 6.10 Å². The topological polar surface area (TPSA) is 9.23 Å². The summed E-state index contributed by atoms with van der Waals surface area (Å²) in [6, 6.07) is 0. The van der Waals surface area contributed by atoms with E-state index in [0.29, 0.717) is 0 Å². The second kappa shape index (κ2) is 3.14. The average molecular weight is 185 g/mol. The number of hydrogen-bond acceptors (Lipinski definition) is 1. The maximum absolute atomic E-state index is 11.8. The minimum Gasteiger partial charge on any atom is -0.402 e. The molecule has 0 aliphatic heterocycles. The Labute approximate surface area is 65.7 Å². The van der Waals surface area contributed by atoms with E-state index in [-0.39, 0.29) is 0 Å². The van der Waals surface area contributed by atoms with Gasteiger partial charge in [-0.3, -0.25) is 0 Å². The number of halogens is 3. The van der Waals surface area contributed by atoms with Gasteiger partial charge in [0.1, 0.15) is 0 Å². The van der Waals surface area contributed by atoms with Gasteiger partial charge < -0.3 is 4.43 Å². The van der Waals surface area contributed by atoms with Crippen LogP contribution >= 0.6 is 0 Å². The molecular weight excluding hydrogens is 173 g/mol. The SMILES string of the molecule is C[C](O[Si](C)(C)C)C(F)(F)F. The van der Waals surface area contributed by atoms with E-state index in [4.69, 9.17) is 4.43 Å². The highest BCUT2D eigenvalue weighted by atomic mass is 28.4. The van der Waals surface area contributed by atoms with Crippen molar-refractivity contribution in [2.75, 3.05) is 0 Å². The number of alkyl halides is 3. The van der Waals surface area contributed by atoms with Crippen LogP contribution in [-0.2, 0) is 4.43 Å². The van der Waals surface area contributed by atoms with Crippen molar-refractivity contribution >= 4 is 8.32 Å². The van der Waals surface area contributed by atoms with Crippen molar-refractivity contribution in [3.8, 4) is 0 Å². The molecule has 0 rings (SSSR count). The van der Waals surface area contributed by atoms with Gasteiger partial charge in [-0.2, -0.15) is 13.2 Å². The van der Waals surface area contributed by atoms with Crippen LogP contribution < -0.4 is 0 Å². The molecule has 0 saturated heterocycles. The fourth-order valence-electron chi connectivity index (χ4n) is 0.517. The predicted octanol–water partition coefficient (Wildman–Crippen LogP) is 2.95. The Balaban J connectivity index is 3.99. The molecule has 0 spiro atoms. The molecule has 67 valence electrons. The Morgan fingerprint density at radius 2 is 1.55 bits per heavy atom. The van der Waals surface area contributed by atoms with Gasteiger partial charge in [-0.05, 0) is 26.6 Å². The maximum Gasteiger partial charge on any atom is 0.419 e. The first-order valence-electron chi connectivity index (χ1n) is 3.23. The van der Waals surface area contributed by atoms with Gasteiger partial charge >= 0.3 is 6.18 Å². The van der Waals surface area contributed by atoms with Crippen LogP contribution in [0.4, 0.5) is 13.2 Å². The lowest BCUT2D eigenvalue weighted by atomic mass is 10.4. The Morgan fingerprint density at radius 3 is 1.64 bits per heavy atom. The summed E-state index contributed by atoms with van der Waals surface area (Å²) in [6.07, 6.45) is -5.14. The molecule has 0 amide bonds. The van der Waals surface area contributed by atoms with Crippen LogP contribution in [0.25, 0.3) is 0 Å². The molecule has 11 heavy (non-hydrogen) atoms. The van der Waals surface area contributed by atoms with Crippen LogP contribution in [0.3, 0.4) is 0 Å². The molecule has 0 aromatic carbocycles. The van der Waals surface area contributed by atoms with Gasteiger partial charge in [0.15, 0.2) is 14.4 Å². The summed E-state index contributed by atoms with van der Waals surface area (Å²) >= 11 is 0. The Kier molecular flexibility index (Phi) is 3.13. The number of rotatable bonds is 2. The van der Waals surface area contributed by atoms with Crippen molar-refractivity contribution in [3.63, 3.8) is 0 Å². The summed E-state index contributed by atoms with van der Waals surface area (Å²) in [5, 5.41) is 0. The van der Waals surface area contributed by atoms with Gasteiger partial charge in [0.2, 0.25) is 0 Å². The van der Waals surface area contributed by atoms with Gasteiger partial charge in [-0.1, -0.05) is 0 Å². The summed E-state index contributed by atoms with van der Waals surface area (Å²) in [5.74, 6) is 0. The largest absolute Gasteiger partial charge is 0.419 e. The molecule has 1 radical (unpaired) electrons. The number of hydrogen-bond donors (Lipinski definition) is 0. The van der Waals surface area contributed by atoms with Crippen molar-refractivity contribution in [1.29, 1.82) is 0 Å². The first-order chi connectivity index (χ1) is 4.63. The molecule has 0 bridgehead atoms. The van der Waals surface area contributed by atoms with Gasteiger partial charge in [0.25, 0.3) is 0 Å². The van der Waals surface area contributed by atoms with Crippen LogP contribution in [0.1, 0.15) is 6.92 Å². The van der Waals surface area contributed by atoms with Gasteiger partial charge in [0.05, 0.1) is 0 Å². The maximum atomic E-state index is 11.8. The normalized spacial score (nSPS) is 14.2. The quantitative estimate of drug-likeness (QED) is 0.601. The molecule has 1 nitrogen and oxygen atoms in total. The summed E-state index contributed by atoms with van der Waals surface area (Å²) in [5.41, 5.74) is 0. The average Bonchev–Trinajstić information content (AvgIpc) is 1.56. The lowest BCUT2D eigenvalue weighted by Crippen LogP contribution is -2.33. The second-order valence-corrected chi connectivity index (χ2v) is 7.70. The zero-order valence-corrected chi connectivity index (χ0v) is 8.04. The molecule has 0 aromatic heterocycles. The smallest absolute Gasteiger partial charge is 0.402 e. The van der Waals surface area contributed by atoms with Crippen LogP contribution in [-0.4, -0.2) is 14.5 Å². The summed E-state index contributed by atoms with van der Waals surface area (Å²) in [4.78, 5) is 0. The third kappa shape index (κ3) is 5.26. The molecule has 0 saturated carbocycles. The fourth-order valence-corrected chi connectivity index (χ4v) is 1.55. The predicted molar refractivity (Wildman–Crippen MR) is 39.4 cm³/mol. The van der Waals surface area contributed by atoms with Crippen LogP contribution in [0.2, 0.25) is 19.6 Å². The van der Waals surface area contributed by atoms with Crippen molar-refractivity contribution in [2.24, 2.45) is 0 Å². The summed E-state index contributed by atoms with van der Waals surface area (Å²) in [7, 11) is -2.09. The van der Waals surface area contributed by atoms with Gasteiger partial charge in [-0.15, -0.1) is 0 Å². The van der Waals surface area contributed by atoms with E-state index in [1.807, 2.05) is 0 Å². The second-order valence-electron chi connectivity index (χ2n) is 3.27. The third-order valence-electron chi connectivity index (χ3n) is 0.858. The molecule has 0 atom stereocenters. The van der Waals surface area contributed by atoms with Crippen LogP contribution in [0.15, 0.2) is 0 Å². The Hall–Kier alpha value is -0.0331. The Morgan fingerprint density at radius 1 is 1.18 bits per heavy atom. The van der Waals surface area contributed by atoms with E-state index >= 15 is 0 Å². The molecule has 0 aromatic rings. The summed E-state index contributed by atoms with van der Waals surface area (Å²) < 4.78 is 40.3. The highest BCUT2D eigenvalue weighted by Gasteiger charge is 2.40. The lowest BCUT2D eigenvalue weighted by molar-refractivity contribution is -0.147. The molecular formula is C6H12F3OSi. The molecule has 0 heterocycles. The zero-order valence-electron chi connectivity index (χ0n) is 7.04.